The number of carboxylic acid groups (broad SMARTS) is 2. The number of aliphatic carboxylic acids is 1. The number of likely N-dealkylation sites (tertiary alicyclic amines) is 1. The van der Waals surface area contributed by atoms with Gasteiger partial charge in [0.1, 0.15) is 5.75 Å². The highest BCUT2D eigenvalue weighted by Crippen LogP contribution is 2.37. The van der Waals surface area contributed by atoms with Gasteiger partial charge in [-0.1, -0.05) is 24.6 Å². The SMILES string of the molecule is CC/C=C\Nc1ccc(CCC(=C2CC2)N2CCC(CC(=O)O)CC2)cc1OC.O=CO. The van der Waals surface area contributed by atoms with Crippen molar-refractivity contribution in [3.63, 3.8) is 0 Å². The molecule has 1 heterocycles. The van der Waals surface area contributed by atoms with Crippen molar-refractivity contribution >= 4 is 18.1 Å². The molecule has 3 N–H and O–H groups in total. The van der Waals surface area contributed by atoms with Gasteiger partial charge < -0.3 is 25.2 Å². The molecule has 0 spiro atoms. The van der Waals surface area contributed by atoms with Gasteiger partial charge in [-0.05, 0) is 74.8 Å². The lowest BCUT2D eigenvalue weighted by Crippen LogP contribution is -2.34. The van der Waals surface area contributed by atoms with Crippen LogP contribution in [-0.4, -0.2) is 47.8 Å². The van der Waals surface area contributed by atoms with Crippen LogP contribution in [-0.2, 0) is 16.0 Å². The molecule has 1 aliphatic carbocycles. The zero-order valence-electron chi connectivity index (χ0n) is 19.2. The van der Waals surface area contributed by atoms with E-state index in [0.717, 1.165) is 56.6 Å². The molecule has 0 amide bonds. The van der Waals surface area contributed by atoms with Crippen LogP contribution in [0.2, 0.25) is 0 Å². The van der Waals surface area contributed by atoms with E-state index in [9.17, 15) is 4.79 Å². The Balaban J connectivity index is 0.00000114. The molecule has 0 bridgehead atoms. The minimum atomic E-state index is -0.665. The van der Waals surface area contributed by atoms with Gasteiger partial charge in [0, 0.05) is 25.2 Å². The van der Waals surface area contributed by atoms with Crippen molar-refractivity contribution in [3.05, 3.63) is 47.3 Å². The van der Waals surface area contributed by atoms with Crippen LogP contribution in [0.25, 0.3) is 0 Å². The molecule has 3 rings (SSSR count). The lowest BCUT2D eigenvalue weighted by molar-refractivity contribution is -0.138. The topological polar surface area (TPSA) is 99.1 Å². The molecule has 0 aromatic heterocycles. The van der Waals surface area contributed by atoms with Gasteiger partial charge in [0.25, 0.3) is 6.47 Å². The summed E-state index contributed by atoms with van der Waals surface area (Å²) >= 11 is 0. The second kappa shape index (κ2) is 13.5. The van der Waals surface area contributed by atoms with Crippen LogP contribution in [0, 0.1) is 5.92 Å². The Morgan fingerprint density at radius 2 is 1.97 bits per heavy atom. The Bertz CT molecular complexity index is 805. The Morgan fingerprint density at radius 1 is 1.28 bits per heavy atom. The third-order valence-electron chi connectivity index (χ3n) is 5.88. The first-order chi connectivity index (χ1) is 15.5. The number of piperidine rings is 1. The summed E-state index contributed by atoms with van der Waals surface area (Å²) in [5.74, 6) is 0.542. The number of hydrogen-bond acceptors (Lipinski definition) is 5. The van der Waals surface area contributed by atoms with Gasteiger partial charge in [-0.15, -0.1) is 0 Å². The van der Waals surface area contributed by atoms with Crippen LogP contribution in [0.15, 0.2) is 41.7 Å². The molecule has 1 aromatic rings. The average molecular weight is 445 g/mol. The molecule has 2 aliphatic rings. The number of anilines is 1. The molecule has 1 saturated heterocycles. The van der Waals surface area contributed by atoms with Crippen molar-refractivity contribution in [2.45, 2.75) is 58.3 Å². The van der Waals surface area contributed by atoms with Gasteiger partial charge in [0.2, 0.25) is 0 Å². The molecule has 1 aliphatic heterocycles. The minimum absolute atomic E-state index is 0.250. The van der Waals surface area contributed by atoms with E-state index in [4.69, 9.17) is 19.7 Å². The molecule has 1 saturated carbocycles. The van der Waals surface area contributed by atoms with E-state index in [1.807, 2.05) is 6.20 Å². The van der Waals surface area contributed by atoms with E-state index in [1.54, 1.807) is 12.7 Å². The van der Waals surface area contributed by atoms with E-state index in [0.29, 0.717) is 12.3 Å². The number of methoxy groups -OCH3 is 1. The maximum absolute atomic E-state index is 11.0. The molecule has 0 unspecified atom stereocenters. The lowest BCUT2D eigenvalue weighted by atomic mass is 9.92. The van der Waals surface area contributed by atoms with Crippen molar-refractivity contribution < 1.29 is 24.5 Å². The second-order valence-electron chi connectivity index (χ2n) is 8.17. The van der Waals surface area contributed by atoms with Crippen molar-refractivity contribution in [3.8, 4) is 5.75 Å². The van der Waals surface area contributed by atoms with Gasteiger partial charge in [0.05, 0.1) is 12.8 Å². The molecule has 0 radical (unpaired) electrons. The molecule has 1 aromatic carbocycles. The van der Waals surface area contributed by atoms with Gasteiger partial charge >= 0.3 is 5.97 Å². The standard InChI is InChI=1S/C24H34N2O3.CH2O2/c1-3-4-13-25-21-9-5-18(16-23(21)29-2)6-10-22(20-7-8-20)26-14-11-19(12-15-26)17-24(27)28;2-1-3/h4-5,9,13,16,19,25H,3,6-8,10-12,14-15,17H2,1-2H3,(H,27,28);1H,(H,2,3)/b13-4-;. The predicted octanol–water partition coefficient (Wildman–Crippen LogP) is 4.90. The predicted molar refractivity (Wildman–Crippen MR) is 126 cm³/mol. The number of nitrogens with one attached hydrogen (secondary N) is 1. The van der Waals surface area contributed by atoms with Crippen molar-refractivity contribution in [2.24, 2.45) is 5.92 Å². The van der Waals surface area contributed by atoms with Crippen molar-refractivity contribution in [1.29, 1.82) is 0 Å². The summed E-state index contributed by atoms with van der Waals surface area (Å²) in [4.78, 5) is 21.8. The van der Waals surface area contributed by atoms with Gasteiger partial charge in [-0.3, -0.25) is 9.59 Å². The van der Waals surface area contributed by atoms with Gasteiger partial charge in [0.15, 0.2) is 0 Å². The molecule has 2 fully saturated rings. The fraction of sp³-hybridized carbons (Fsp3) is 0.520. The first kappa shape index (κ1) is 25.3. The fourth-order valence-corrected chi connectivity index (χ4v) is 4.10. The summed E-state index contributed by atoms with van der Waals surface area (Å²) in [7, 11) is 1.71. The maximum Gasteiger partial charge on any atom is 0.303 e. The summed E-state index contributed by atoms with van der Waals surface area (Å²) < 4.78 is 5.58. The number of ether oxygens (including phenoxy) is 1. The van der Waals surface area contributed by atoms with E-state index in [1.165, 1.54) is 24.1 Å². The zero-order chi connectivity index (χ0) is 23.3. The smallest absolute Gasteiger partial charge is 0.303 e. The summed E-state index contributed by atoms with van der Waals surface area (Å²) in [5.41, 5.74) is 5.37. The number of aryl methyl sites for hydroxylation is 1. The highest BCUT2D eigenvalue weighted by Gasteiger charge is 2.27. The normalized spacial score (nSPS) is 15.7. The Labute approximate surface area is 190 Å². The largest absolute Gasteiger partial charge is 0.495 e. The van der Waals surface area contributed by atoms with E-state index >= 15 is 0 Å². The summed E-state index contributed by atoms with van der Waals surface area (Å²) in [5, 5.41) is 19.2. The Hall–Kier alpha value is -2.96. The number of rotatable bonds is 10. The molecule has 7 heteroatoms. The number of allylic oxidation sites excluding steroid dienone is 3. The summed E-state index contributed by atoms with van der Waals surface area (Å²) in [6, 6.07) is 6.41. The van der Waals surface area contributed by atoms with Crippen LogP contribution >= 0.6 is 0 Å². The fourth-order valence-electron chi connectivity index (χ4n) is 4.10. The van der Waals surface area contributed by atoms with Crippen LogP contribution < -0.4 is 10.1 Å². The summed E-state index contributed by atoms with van der Waals surface area (Å²) in [6.45, 7) is 3.85. The first-order valence-electron chi connectivity index (χ1n) is 11.4. The van der Waals surface area contributed by atoms with Gasteiger partial charge in [-0.25, -0.2) is 0 Å². The highest BCUT2D eigenvalue weighted by molar-refractivity contribution is 5.67. The Morgan fingerprint density at radius 3 is 2.53 bits per heavy atom. The van der Waals surface area contributed by atoms with Crippen molar-refractivity contribution in [2.75, 3.05) is 25.5 Å². The number of nitrogens with zero attached hydrogens (tertiary/aromatic N) is 1. The number of carboxylic acids is 1. The van der Waals surface area contributed by atoms with Crippen LogP contribution in [0.1, 0.15) is 57.4 Å². The number of hydrogen-bond donors (Lipinski definition) is 3. The lowest BCUT2D eigenvalue weighted by Gasteiger charge is -2.35. The van der Waals surface area contributed by atoms with Crippen LogP contribution in [0.5, 0.6) is 5.75 Å². The highest BCUT2D eigenvalue weighted by atomic mass is 16.5. The van der Waals surface area contributed by atoms with E-state index in [-0.39, 0.29) is 6.47 Å². The number of benzene rings is 1. The second-order valence-corrected chi connectivity index (χ2v) is 8.17. The summed E-state index contributed by atoms with van der Waals surface area (Å²) in [6.07, 6.45) is 11.8. The molecule has 0 atom stereocenters. The number of carbonyl (C=O) groups is 2. The third kappa shape index (κ3) is 8.29. The monoisotopic (exact) mass is 444 g/mol. The molecule has 176 valence electrons. The average Bonchev–Trinajstić information content (AvgIpc) is 3.61. The van der Waals surface area contributed by atoms with Crippen LogP contribution in [0.4, 0.5) is 5.69 Å². The Kier molecular flexibility index (Phi) is 10.6. The molecule has 32 heavy (non-hydrogen) atoms. The molecule has 7 nitrogen and oxygen atoms in total. The van der Waals surface area contributed by atoms with E-state index in [2.05, 4.69) is 41.4 Å². The quantitative estimate of drug-likeness (QED) is 0.442. The zero-order valence-corrected chi connectivity index (χ0v) is 19.2. The minimum Gasteiger partial charge on any atom is -0.495 e. The maximum atomic E-state index is 11.0. The van der Waals surface area contributed by atoms with Gasteiger partial charge in [-0.2, -0.15) is 0 Å². The molecular formula is C25H36N2O5. The third-order valence-corrected chi connectivity index (χ3v) is 5.88. The van der Waals surface area contributed by atoms with E-state index < -0.39 is 5.97 Å². The molecular weight excluding hydrogens is 408 g/mol. The first-order valence-corrected chi connectivity index (χ1v) is 11.4. The van der Waals surface area contributed by atoms with Crippen molar-refractivity contribution in [1.82, 2.24) is 4.90 Å². The van der Waals surface area contributed by atoms with Crippen LogP contribution in [0.3, 0.4) is 0 Å².